The fourth-order valence-electron chi connectivity index (χ4n) is 2.58. The molecule has 0 aromatic heterocycles. The Kier molecular flexibility index (Phi) is 4.95. The summed E-state index contributed by atoms with van der Waals surface area (Å²) >= 11 is 6.07. The van der Waals surface area contributed by atoms with Crippen molar-refractivity contribution < 1.29 is 14.3 Å². The van der Waals surface area contributed by atoms with Gasteiger partial charge in [0.2, 0.25) is 11.8 Å². The summed E-state index contributed by atoms with van der Waals surface area (Å²) in [6.45, 7) is 2.36. The molecule has 2 amide bonds. The van der Waals surface area contributed by atoms with Gasteiger partial charge < -0.3 is 15.4 Å². The maximum atomic E-state index is 12.7. The normalized spacial score (nSPS) is 14.5. The molecular formula is C19H19ClN2O3. The van der Waals surface area contributed by atoms with Gasteiger partial charge in [-0.2, -0.15) is 0 Å². The number of carbonyl (C=O) groups is 2. The van der Waals surface area contributed by atoms with E-state index in [9.17, 15) is 9.59 Å². The summed E-state index contributed by atoms with van der Waals surface area (Å²) in [6, 6.07) is 14.1. The van der Waals surface area contributed by atoms with Crippen LogP contribution in [0, 0.1) is 5.41 Å². The molecule has 0 bridgehead atoms. The van der Waals surface area contributed by atoms with Crippen LogP contribution in [0.4, 0.5) is 11.4 Å². The molecule has 6 heteroatoms. The SMILES string of the molecule is CCOc1ccccc1NC(=O)C1(C(=O)Nc2ccccc2Cl)CC1. The first kappa shape index (κ1) is 17.3. The molecule has 2 aromatic rings. The number of carbonyl (C=O) groups excluding carboxylic acids is 2. The molecule has 0 saturated heterocycles. The number of nitrogens with one attached hydrogen (secondary N) is 2. The zero-order valence-corrected chi connectivity index (χ0v) is 14.6. The van der Waals surface area contributed by atoms with E-state index < -0.39 is 5.41 Å². The van der Waals surface area contributed by atoms with Gasteiger partial charge in [-0.1, -0.05) is 35.9 Å². The number of amides is 2. The summed E-state index contributed by atoms with van der Waals surface area (Å²) in [5, 5.41) is 6.02. The van der Waals surface area contributed by atoms with Crippen LogP contribution in [0.25, 0.3) is 0 Å². The summed E-state index contributed by atoms with van der Waals surface area (Å²) in [6.07, 6.45) is 1.01. The summed E-state index contributed by atoms with van der Waals surface area (Å²) < 4.78 is 5.51. The van der Waals surface area contributed by atoms with Gasteiger partial charge in [0.25, 0.3) is 0 Å². The van der Waals surface area contributed by atoms with E-state index in [1.807, 2.05) is 19.1 Å². The van der Waals surface area contributed by atoms with Crippen LogP contribution in [0.3, 0.4) is 0 Å². The first-order chi connectivity index (χ1) is 12.1. The number of rotatable bonds is 6. The first-order valence-electron chi connectivity index (χ1n) is 8.16. The van der Waals surface area contributed by atoms with Crippen molar-refractivity contribution in [1.29, 1.82) is 0 Å². The largest absolute Gasteiger partial charge is 0.492 e. The maximum Gasteiger partial charge on any atom is 0.240 e. The van der Waals surface area contributed by atoms with E-state index >= 15 is 0 Å². The summed E-state index contributed by atoms with van der Waals surface area (Å²) in [5.41, 5.74) is 0.00696. The summed E-state index contributed by atoms with van der Waals surface area (Å²) in [7, 11) is 0. The summed E-state index contributed by atoms with van der Waals surface area (Å²) in [4.78, 5) is 25.3. The molecule has 1 saturated carbocycles. The lowest BCUT2D eigenvalue weighted by molar-refractivity contribution is -0.131. The Labute approximate surface area is 151 Å². The van der Waals surface area contributed by atoms with Crippen molar-refractivity contribution in [3.05, 3.63) is 53.6 Å². The zero-order chi connectivity index (χ0) is 17.9. The minimum atomic E-state index is -1.06. The molecule has 1 aliphatic carbocycles. The van der Waals surface area contributed by atoms with Crippen LogP contribution in [0.1, 0.15) is 19.8 Å². The number of hydrogen-bond donors (Lipinski definition) is 2. The van der Waals surface area contributed by atoms with Crippen LogP contribution < -0.4 is 15.4 Å². The Bertz CT molecular complexity index is 803. The Morgan fingerprint density at radius 3 is 2.16 bits per heavy atom. The van der Waals surface area contributed by atoms with Crippen molar-refractivity contribution in [3.63, 3.8) is 0 Å². The molecule has 0 heterocycles. The van der Waals surface area contributed by atoms with Crippen LogP contribution in [0.15, 0.2) is 48.5 Å². The van der Waals surface area contributed by atoms with Crippen LogP contribution in [-0.4, -0.2) is 18.4 Å². The zero-order valence-electron chi connectivity index (χ0n) is 13.8. The van der Waals surface area contributed by atoms with Crippen LogP contribution in [0.2, 0.25) is 5.02 Å². The second kappa shape index (κ2) is 7.15. The molecule has 2 N–H and O–H groups in total. The van der Waals surface area contributed by atoms with E-state index in [4.69, 9.17) is 16.3 Å². The van der Waals surface area contributed by atoms with E-state index in [2.05, 4.69) is 10.6 Å². The number of halogens is 1. The predicted octanol–water partition coefficient (Wildman–Crippen LogP) is 4.10. The monoisotopic (exact) mass is 358 g/mol. The summed E-state index contributed by atoms with van der Waals surface area (Å²) in [5.74, 6) is -0.0862. The highest BCUT2D eigenvalue weighted by atomic mass is 35.5. The third-order valence-electron chi connectivity index (χ3n) is 4.18. The quantitative estimate of drug-likeness (QED) is 0.764. The third-order valence-corrected chi connectivity index (χ3v) is 4.51. The van der Waals surface area contributed by atoms with Gasteiger partial charge in [0, 0.05) is 0 Å². The Hall–Kier alpha value is -2.53. The molecule has 1 aliphatic rings. The molecular weight excluding hydrogens is 340 g/mol. The fourth-order valence-corrected chi connectivity index (χ4v) is 2.76. The number of hydrogen-bond acceptors (Lipinski definition) is 3. The van der Waals surface area contributed by atoms with E-state index in [-0.39, 0.29) is 11.8 Å². The van der Waals surface area contributed by atoms with Gasteiger partial charge in [0.15, 0.2) is 0 Å². The Morgan fingerprint density at radius 2 is 1.56 bits per heavy atom. The smallest absolute Gasteiger partial charge is 0.240 e. The van der Waals surface area contributed by atoms with Crippen molar-refractivity contribution in [3.8, 4) is 5.75 Å². The Morgan fingerprint density at radius 1 is 1.00 bits per heavy atom. The molecule has 3 rings (SSSR count). The average Bonchev–Trinajstić information content (AvgIpc) is 3.41. The van der Waals surface area contributed by atoms with Gasteiger partial charge in [0.1, 0.15) is 11.2 Å². The van der Waals surface area contributed by atoms with Crippen LogP contribution in [-0.2, 0) is 9.59 Å². The standard InChI is InChI=1S/C19H19ClN2O3/c1-2-25-16-10-6-5-9-15(16)22-18(24)19(11-12-19)17(23)21-14-8-4-3-7-13(14)20/h3-10H,2,11-12H2,1H3,(H,21,23)(H,22,24). The molecule has 0 aliphatic heterocycles. The predicted molar refractivity (Wildman–Crippen MR) is 98.0 cm³/mol. The van der Waals surface area contributed by atoms with Gasteiger partial charge in [-0.25, -0.2) is 0 Å². The lowest BCUT2D eigenvalue weighted by atomic mass is 10.0. The van der Waals surface area contributed by atoms with E-state index in [1.54, 1.807) is 36.4 Å². The van der Waals surface area contributed by atoms with Gasteiger partial charge in [-0.15, -0.1) is 0 Å². The lowest BCUT2D eigenvalue weighted by Crippen LogP contribution is -2.35. The molecule has 2 aromatic carbocycles. The van der Waals surface area contributed by atoms with Crippen molar-refractivity contribution in [2.45, 2.75) is 19.8 Å². The van der Waals surface area contributed by atoms with Crippen molar-refractivity contribution in [2.75, 3.05) is 17.2 Å². The van der Waals surface area contributed by atoms with Gasteiger partial charge in [-0.05, 0) is 44.0 Å². The highest BCUT2D eigenvalue weighted by Crippen LogP contribution is 2.48. The van der Waals surface area contributed by atoms with Crippen molar-refractivity contribution >= 4 is 34.8 Å². The van der Waals surface area contributed by atoms with Crippen LogP contribution in [0.5, 0.6) is 5.75 Å². The van der Waals surface area contributed by atoms with E-state index in [0.29, 0.717) is 41.6 Å². The van der Waals surface area contributed by atoms with Gasteiger partial charge in [0.05, 0.1) is 23.0 Å². The second-order valence-corrected chi connectivity index (χ2v) is 6.31. The lowest BCUT2D eigenvalue weighted by Gasteiger charge is -2.17. The average molecular weight is 359 g/mol. The van der Waals surface area contributed by atoms with Gasteiger partial charge >= 0.3 is 0 Å². The van der Waals surface area contributed by atoms with E-state index in [0.717, 1.165) is 0 Å². The topological polar surface area (TPSA) is 67.4 Å². The fraction of sp³-hybridized carbons (Fsp3) is 0.263. The van der Waals surface area contributed by atoms with E-state index in [1.165, 1.54) is 0 Å². The molecule has 0 spiro atoms. The molecule has 0 unspecified atom stereocenters. The molecule has 0 atom stereocenters. The highest BCUT2D eigenvalue weighted by molar-refractivity contribution is 6.34. The number of ether oxygens (including phenoxy) is 1. The van der Waals surface area contributed by atoms with Crippen LogP contribution >= 0.6 is 11.6 Å². The minimum absolute atomic E-state index is 0.329. The minimum Gasteiger partial charge on any atom is -0.492 e. The number of benzene rings is 2. The van der Waals surface area contributed by atoms with Crippen molar-refractivity contribution in [1.82, 2.24) is 0 Å². The first-order valence-corrected chi connectivity index (χ1v) is 8.54. The number of para-hydroxylation sites is 3. The van der Waals surface area contributed by atoms with Crippen molar-refractivity contribution in [2.24, 2.45) is 5.41 Å². The highest BCUT2D eigenvalue weighted by Gasteiger charge is 2.56. The molecule has 5 nitrogen and oxygen atoms in total. The third kappa shape index (κ3) is 3.61. The van der Waals surface area contributed by atoms with Gasteiger partial charge in [-0.3, -0.25) is 9.59 Å². The number of anilines is 2. The molecule has 1 fully saturated rings. The molecule has 0 radical (unpaired) electrons. The molecule has 130 valence electrons. The maximum absolute atomic E-state index is 12.7. The molecule has 25 heavy (non-hydrogen) atoms. The second-order valence-electron chi connectivity index (χ2n) is 5.90. The Balaban J connectivity index is 1.73.